The molecule has 0 spiro atoms. The van der Waals surface area contributed by atoms with Gasteiger partial charge in [-0.2, -0.15) is 0 Å². The maximum atomic E-state index is 5.63. The zero-order valence-corrected chi connectivity index (χ0v) is 12.8. The van der Waals surface area contributed by atoms with E-state index in [1.165, 1.54) is 42.0 Å². The summed E-state index contributed by atoms with van der Waals surface area (Å²) in [6, 6.07) is 0.372. The number of aromatic nitrogens is 1. The fourth-order valence-electron chi connectivity index (χ4n) is 2.08. The SMILES string of the molecule is CCCCCCCC(Cc1nc(C)c(C)s1)NN. The average molecular weight is 269 g/mol. The van der Waals surface area contributed by atoms with E-state index < -0.39 is 0 Å². The third-order valence-electron chi connectivity index (χ3n) is 3.39. The number of aryl methyl sites for hydroxylation is 2. The van der Waals surface area contributed by atoms with Gasteiger partial charge in [0.15, 0.2) is 0 Å². The Morgan fingerprint density at radius 3 is 2.50 bits per heavy atom. The zero-order valence-electron chi connectivity index (χ0n) is 12.0. The minimum Gasteiger partial charge on any atom is -0.271 e. The fourth-order valence-corrected chi connectivity index (χ4v) is 3.09. The number of nitrogens with two attached hydrogens (primary N) is 1. The highest BCUT2D eigenvalue weighted by Crippen LogP contribution is 2.19. The van der Waals surface area contributed by atoms with Crippen LogP contribution in [0.15, 0.2) is 0 Å². The van der Waals surface area contributed by atoms with Crippen LogP contribution in [-0.2, 0) is 6.42 Å². The van der Waals surface area contributed by atoms with Crippen LogP contribution in [0.5, 0.6) is 0 Å². The molecule has 1 aromatic heterocycles. The molecule has 1 atom stereocenters. The van der Waals surface area contributed by atoms with Gasteiger partial charge in [0.05, 0.1) is 10.7 Å². The molecule has 0 saturated heterocycles. The summed E-state index contributed by atoms with van der Waals surface area (Å²) in [6.45, 7) is 6.45. The van der Waals surface area contributed by atoms with Gasteiger partial charge in [-0.1, -0.05) is 39.0 Å². The van der Waals surface area contributed by atoms with E-state index in [0.717, 1.165) is 18.5 Å². The summed E-state index contributed by atoms with van der Waals surface area (Å²) in [5.41, 5.74) is 4.10. The van der Waals surface area contributed by atoms with Crippen LogP contribution in [0.2, 0.25) is 0 Å². The number of nitrogens with one attached hydrogen (secondary N) is 1. The van der Waals surface area contributed by atoms with Gasteiger partial charge in [0, 0.05) is 17.3 Å². The number of thiazole rings is 1. The van der Waals surface area contributed by atoms with Crippen molar-refractivity contribution < 1.29 is 0 Å². The maximum absolute atomic E-state index is 5.63. The molecular formula is C14H27N3S. The lowest BCUT2D eigenvalue weighted by Gasteiger charge is -2.14. The average Bonchev–Trinajstić information content (AvgIpc) is 2.66. The van der Waals surface area contributed by atoms with E-state index in [1.54, 1.807) is 11.3 Å². The van der Waals surface area contributed by atoms with Crippen molar-refractivity contribution in [2.75, 3.05) is 0 Å². The van der Waals surface area contributed by atoms with Crippen molar-refractivity contribution in [3.8, 4) is 0 Å². The lowest BCUT2D eigenvalue weighted by Crippen LogP contribution is -2.36. The van der Waals surface area contributed by atoms with Crippen molar-refractivity contribution >= 4 is 11.3 Å². The van der Waals surface area contributed by atoms with Crippen LogP contribution in [0, 0.1) is 13.8 Å². The van der Waals surface area contributed by atoms with Crippen molar-refractivity contribution in [1.29, 1.82) is 0 Å². The summed E-state index contributed by atoms with van der Waals surface area (Å²) in [5, 5.41) is 1.21. The first-order chi connectivity index (χ1) is 8.67. The Balaban J connectivity index is 2.28. The molecule has 0 radical (unpaired) electrons. The molecule has 1 aromatic rings. The minimum atomic E-state index is 0.372. The van der Waals surface area contributed by atoms with E-state index in [9.17, 15) is 0 Å². The molecule has 104 valence electrons. The predicted molar refractivity (Wildman–Crippen MR) is 79.8 cm³/mol. The number of unbranched alkanes of at least 4 members (excludes halogenated alkanes) is 4. The van der Waals surface area contributed by atoms with E-state index in [2.05, 4.69) is 31.2 Å². The van der Waals surface area contributed by atoms with Crippen LogP contribution in [0.4, 0.5) is 0 Å². The minimum absolute atomic E-state index is 0.372. The molecule has 3 N–H and O–H groups in total. The zero-order chi connectivity index (χ0) is 13.4. The van der Waals surface area contributed by atoms with E-state index in [-0.39, 0.29) is 0 Å². The molecule has 3 nitrogen and oxygen atoms in total. The van der Waals surface area contributed by atoms with Gasteiger partial charge in [-0.25, -0.2) is 4.98 Å². The second-order valence-corrected chi connectivity index (χ2v) is 6.31. The second kappa shape index (κ2) is 8.62. The fraction of sp³-hybridized carbons (Fsp3) is 0.786. The molecule has 0 aromatic carbocycles. The largest absolute Gasteiger partial charge is 0.271 e. The smallest absolute Gasteiger partial charge is 0.0946 e. The Labute approximate surface area is 115 Å². The number of hydrazine groups is 1. The molecule has 0 aliphatic heterocycles. The molecule has 1 rings (SSSR count). The summed E-state index contributed by atoms with van der Waals surface area (Å²) in [5.74, 6) is 5.63. The topological polar surface area (TPSA) is 50.9 Å². The summed E-state index contributed by atoms with van der Waals surface area (Å²) >= 11 is 1.80. The number of rotatable bonds is 9. The lowest BCUT2D eigenvalue weighted by molar-refractivity contribution is 0.460. The van der Waals surface area contributed by atoms with Crippen molar-refractivity contribution in [3.05, 3.63) is 15.6 Å². The van der Waals surface area contributed by atoms with E-state index >= 15 is 0 Å². The van der Waals surface area contributed by atoms with Gasteiger partial charge in [-0.15, -0.1) is 11.3 Å². The summed E-state index contributed by atoms with van der Waals surface area (Å²) in [7, 11) is 0. The van der Waals surface area contributed by atoms with Crippen molar-refractivity contribution in [3.63, 3.8) is 0 Å². The maximum Gasteiger partial charge on any atom is 0.0946 e. The molecule has 0 amide bonds. The Bertz CT molecular complexity index is 316. The van der Waals surface area contributed by atoms with Crippen molar-refractivity contribution in [2.24, 2.45) is 5.84 Å². The molecule has 1 heterocycles. The molecule has 0 bridgehead atoms. The quantitative estimate of drug-likeness (QED) is 0.410. The second-order valence-electron chi connectivity index (χ2n) is 5.02. The van der Waals surface area contributed by atoms with E-state index in [1.807, 2.05) is 0 Å². The Hall–Kier alpha value is -0.450. The first-order valence-electron chi connectivity index (χ1n) is 7.06. The Morgan fingerprint density at radius 1 is 1.22 bits per heavy atom. The summed E-state index contributed by atoms with van der Waals surface area (Å²) in [6.07, 6.45) is 8.70. The van der Waals surface area contributed by atoms with Gasteiger partial charge in [-0.3, -0.25) is 11.3 Å². The summed E-state index contributed by atoms with van der Waals surface area (Å²) in [4.78, 5) is 5.90. The Morgan fingerprint density at radius 2 is 1.94 bits per heavy atom. The highest BCUT2D eigenvalue weighted by molar-refractivity contribution is 7.11. The first kappa shape index (κ1) is 15.6. The highest BCUT2D eigenvalue weighted by Gasteiger charge is 2.11. The van der Waals surface area contributed by atoms with Crippen LogP contribution in [-0.4, -0.2) is 11.0 Å². The van der Waals surface area contributed by atoms with Gasteiger partial charge >= 0.3 is 0 Å². The monoisotopic (exact) mass is 269 g/mol. The molecular weight excluding hydrogens is 242 g/mol. The highest BCUT2D eigenvalue weighted by atomic mass is 32.1. The molecule has 0 aliphatic rings. The van der Waals surface area contributed by atoms with Gasteiger partial charge in [0.2, 0.25) is 0 Å². The standard InChI is InChI=1S/C14H27N3S/c1-4-5-6-7-8-9-13(17-15)10-14-16-11(2)12(3)18-14/h13,17H,4-10,15H2,1-3H3. The molecule has 0 fully saturated rings. The molecule has 4 heteroatoms. The predicted octanol–water partition coefficient (Wildman–Crippen LogP) is 3.49. The number of nitrogens with zero attached hydrogens (tertiary/aromatic N) is 1. The van der Waals surface area contributed by atoms with Crippen LogP contribution in [0.3, 0.4) is 0 Å². The first-order valence-corrected chi connectivity index (χ1v) is 7.88. The van der Waals surface area contributed by atoms with Gasteiger partial charge < -0.3 is 0 Å². The lowest BCUT2D eigenvalue weighted by atomic mass is 10.0. The van der Waals surface area contributed by atoms with Crippen LogP contribution in [0.25, 0.3) is 0 Å². The van der Waals surface area contributed by atoms with E-state index in [4.69, 9.17) is 5.84 Å². The number of hydrogen-bond acceptors (Lipinski definition) is 4. The number of hydrogen-bond donors (Lipinski definition) is 2. The van der Waals surface area contributed by atoms with Crippen LogP contribution >= 0.6 is 11.3 Å². The third-order valence-corrected chi connectivity index (χ3v) is 4.48. The van der Waals surface area contributed by atoms with Crippen molar-refractivity contribution in [1.82, 2.24) is 10.4 Å². The molecule has 1 unspecified atom stereocenters. The summed E-state index contributed by atoms with van der Waals surface area (Å²) < 4.78 is 0. The molecule has 18 heavy (non-hydrogen) atoms. The van der Waals surface area contributed by atoms with Crippen LogP contribution in [0.1, 0.15) is 61.0 Å². The van der Waals surface area contributed by atoms with Gasteiger partial charge in [-0.05, 0) is 20.3 Å². The van der Waals surface area contributed by atoms with E-state index in [0.29, 0.717) is 6.04 Å². The molecule has 0 saturated carbocycles. The van der Waals surface area contributed by atoms with Crippen molar-refractivity contribution in [2.45, 2.75) is 71.8 Å². The normalized spacial score (nSPS) is 12.9. The van der Waals surface area contributed by atoms with Gasteiger partial charge in [0.25, 0.3) is 0 Å². The molecule has 0 aliphatic carbocycles. The van der Waals surface area contributed by atoms with Crippen LogP contribution < -0.4 is 11.3 Å². The third kappa shape index (κ3) is 5.46. The Kier molecular flexibility index (Phi) is 7.47. The van der Waals surface area contributed by atoms with Gasteiger partial charge in [0.1, 0.15) is 0 Å².